The van der Waals surface area contributed by atoms with Gasteiger partial charge in [-0.05, 0) is 45.0 Å². The zero-order valence-electron chi connectivity index (χ0n) is 10.3. The third-order valence-corrected chi connectivity index (χ3v) is 3.24. The topological polar surface area (TPSA) is 29.5 Å². The average Bonchev–Trinajstić information content (AvgIpc) is 2.55. The van der Waals surface area contributed by atoms with Crippen LogP contribution in [0.15, 0.2) is 24.3 Å². The molecule has 92 valence electrons. The van der Waals surface area contributed by atoms with E-state index in [9.17, 15) is 4.79 Å². The molecule has 0 spiro atoms. The van der Waals surface area contributed by atoms with Crippen molar-refractivity contribution in [3.63, 3.8) is 0 Å². The molecular weight excluding hydrogens is 214 g/mol. The van der Waals surface area contributed by atoms with E-state index in [1.54, 1.807) is 6.07 Å². The first-order valence-electron chi connectivity index (χ1n) is 6.19. The van der Waals surface area contributed by atoms with Gasteiger partial charge in [-0.25, -0.2) is 0 Å². The van der Waals surface area contributed by atoms with Crippen LogP contribution < -0.4 is 4.74 Å². The summed E-state index contributed by atoms with van der Waals surface area (Å²) in [5.74, 6) is 0.719. The Hall–Kier alpha value is -1.35. The van der Waals surface area contributed by atoms with Crippen LogP contribution in [-0.4, -0.2) is 37.4 Å². The number of aldehydes is 1. The number of rotatable bonds is 3. The number of ether oxygens (including phenoxy) is 1. The summed E-state index contributed by atoms with van der Waals surface area (Å²) in [6.07, 6.45) is 4.35. The number of para-hydroxylation sites is 1. The molecule has 0 aliphatic carbocycles. The van der Waals surface area contributed by atoms with Gasteiger partial charge in [-0.1, -0.05) is 12.1 Å². The van der Waals surface area contributed by atoms with Crippen LogP contribution in [0, 0.1) is 0 Å². The van der Waals surface area contributed by atoms with Crippen LogP contribution >= 0.6 is 0 Å². The summed E-state index contributed by atoms with van der Waals surface area (Å²) in [7, 11) is 2.14. The molecule has 1 unspecified atom stereocenters. The third-order valence-electron chi connectivity index (χ3n) is 3.24. The number of benzene rings is 1. The molecule has 17 heavy (non-hydrogen) atoms. The van der Waals surface area contributed by atoms with E-state index in [0.717, 1.165) is 44.4 Å². The number of carbonyl (C=O) groups excluding carboxylic acids is 1. The van der Waals surface area contributed by atoms with Gasteiger partial charge in [-0.3, -0.25) is 4.79 Å². The summed E-state index contributed by atoms with van der Waals surface area (Å²) in [4.78, 5) is 13.2. The van der Waals surface area contributed by atoms with E-state index >= 15 is 0 Å². The molecule has 1 saturated heterocycles. The Labute approximate surface area is 102 Å². The predicted molar refractivity (Wildman–Crippen MR) is 67.6 cm³/mol. The molecule has 1 heterocycles. The van der Waals surface area contributed by atoms with E-state index in [4.69, 9.17) is 4.74 Å². The van der Waals surface area contributed by atoms with E-state index in [1.165, 1.54) is 0 Å². The monoisotopic (exact) mass is 233 g/mol. The molecule has 1 aromatic rings. The van der Waals surface area contributed by atoms with Crippen molar-refractivity contribution in [3.8, 4) is 5.75 Å². The maximum Gasteiger partial charge on any atom is 0.153 e. The van der Waals surface area contributed by atoms with Crippen molar-refractivity contribution in [2.75, 3.05) is 20.1 Å². The van der Waals surface area contributed by atoms with Gasteiger partial charge in [0.2, 0.25) is 0 Å². The highest BCUT2D eigenvalue weighted by atomic mass is 16.5. The van der Waals surface area contributed by atoms with Crippen molar-refractivity contribution >= 4 is 6.29 Å². The van der Waals surface area contributed by atoms with Crippen LogP contribution in [0.3, 0.4) is 0 Å². The van der Waals surface area contributed by atoms with Crippen molar-refractivity contribution in [3.05, 3.63) is 29.8 Å². The summed E-state index contributed by atoms with van der Waals surface area (Å²) < 4.78 is 5.95. The molecule has 0 aromatic heterocycles. The van der Waals surface area contributed by atoms with Gasteiger partial charge in [0, 0.05) is 6.54 Å². The number of carbonyl (C=O) groups is 1. The van der Waals surface area contributed by atoms with Crippen molar-refractivity contribution in [1.29, 1.82) is 0 Å². The van der Waals surface area contributed by atoms with Gasteiger partial charge in [-0.2, -0.15) is 0 Å². The minimum atomic E-state index is 0.237. The first kappa shape index (κ1) is 12.1. The fourth-order valence-electron chi connectivity index (χ4n) is 2.19. The Morgan fingerprint density at radius 1 is 1.29 bits per heavy atom. The normalized spacial score (nSPS) is 21.8. The van der Waals surface area contributed by atoms with Crippen LogP contribution in [0.25, 0.3) is 0 Å². The smallest absolute Gasteiger partial charge is 0.153 e. The lowest BCUT2D eigenvalue weighted by Gasteiger charge is -2.18. The van der Waals surface area contributed by atoms with Gasteiger partial charge in [0.1, 0.15) is 11.9 Å². The lowest BCUT2D eigenvalue weighted by Crippen LogP contribution is -2.21. The molecule has 0 radical (unpaired) electrons. The van der Waals surface area contributed by atoms with Crippen molar-refractivity contribution in [1.82, 2.24) is 4.90 Å². The third kappa shape index (κ3) is 3.30. The zero-order valence-corrected chi connectivity index (χ0v) is 10.3. The Morgan fingerprint density at radius 2 is 2.12 bits per heavy atom. The van der Waals surface area contributed by atoms with Crippen LogP contribution in [0.1, 0.15) is 29.6 Å². The minimum Gasteiger partial charge on any atom is -0.490 e. The molecule has 1 fully saturated rings. The summed E-state index contributed by atoms with van der Waals surface area (Å²) in [5, 5.41) is 0. The van der Waals surface area contributed by atoms with Gasteiger partial charge < -0.3 is 9.64 Å². The van der Waals surface area contributed by atoms with E-state index in [0.29, 0.717) is 5.56 Å². The largest absolute Gasteiger partial charge is 0.490 e. The molecule has 2 rings (SSSR count). The Bertz CT molecular complexity index is 378. The molecule has 1 atom stereocenters. The van der Waals surface area contributed by atoms with E-state index in [1.807, 2.05) is 18.2 Å². The van der Waals surface area contributed by atoms with Crippen LogP contribution in [0.2, 0.25) is 0 Å². The van der Waals surface area contributed by atoms with Gasteiger partial charge in [0.05, 0.1) is 5.56 Å². The second-order valence-corrected chi connectivity index (χ2v) is 4.63. The first-order chi connectivity index (χ1) is 8.29. The Morgan fingerprint density at radius 3 is 2.94 bits per heavy atom. The van der Waals surface area contributed by atoms with E-state index in [2.05, 4.69) is 11.9 Å². The second-order valence-electron chi connectivity index (χ2n) is 4.63. The van der Waals surface area contributed by atoms with Gasteiger partial charge in [0.25, 0.3) is 0 Å². The highest BCUT2D eigenvalue weighted by Crippen LogP contribution is 2.21. The van der Waals surface area contributed by atoms with Gasteiger partial charge in [0.15, 0.2) is 6.29 Å². The molecule has 3 heteroatoms. The fourth-order valence-corrected chi connectivity index (χ4v) is 2.19. The molecule has 1 aliphatic rings. The summed E-state index contributed by atoms with van der Waals surface area (Å²) >= 11 is 0. The van der Waals surface area contributed by atoms with E-state index in [-0.39, 0.29) is 6.10 Å². The molecule has 0 saturated carbocycles. The summed E-state index contributed by atoms with van der Waals surface area (Å²) in [6, 6.07) is 7.44. The molecular formula is C14H19NO2. The van der Waals surface area contributed by atoms with Crippen molar-refractivity contribution in [2.24, 2.45) is 0 Å². The lowest BCUT2D eigenvalue weighted by molar-refractivity contribution is 0.111. The lowest BCUT2D eigenvalue weighted by atomic mass is 10.1. The number of hydrogen-bond donors (Lipinski definition) is 0. The predicted octanol–water partition coefficient (Wildman–Crippen LogP) is 2.36. The van der Waals surface area contributed by atoms with Crippen LogP contribution in [0.5, 0.6) is 5.75 Å². The van der Waals surface area contributed by atoms with Crippen LogP contribution in [0.4, 0.5) is 0 Å². The average molecular weight is 233 g/mol. The molecule has 0 amide bonds. The standard InChI is InChI=1S/C14H19NO2/c1-15-9-4-6-13(8-10-15)17-14-7-3-2-5-12(14)11-16/h2-3,5,7,11,13H,4,6,8-10H2,1H3. The minimum absolute atomic E-state index is 0.237. The molecule has 1 aliphatic heterocycles. The van der Waals surface area contributed by atoms with Gasteiger partial charge >= 0.3 is 0 Å². The summed E-state index contributed by atoms with van der Waals surface area (Å²) in [6.45, 7) is 2.20. The quantitative estimate of drug-likeness (QED) is 0.751. The first-order valence-corrected chi connectivity index (χ1v) is 6.19. The molecule has 3 nitrogen and oxygen atoms in total. The zero-order chi connectivity index (χ0) is 12.1. The van der Waals surface area contributed by atoms with E-state index < -0.39 is 0 Å². The maximum atomic E-state index is 10.9. The number of nitrogens with zero attached hydrogens (tertiary/aromatic N) is 1. The second kappa shape index (κ2) is 5.82. The number of likely N-dealkylation sites (tertiary alicyclic amines) is 1. The molecule has 0 N–H and O–H groups in total. The Kier molecular flexibility index (Phi) is 4.15. The SMILES string of the molecule is CN1CCCC(Oc2ccccc2C=O)CC1. The molecule has 1 aromatic carbocycles. The Balaban J connectivity index is 2.02. The maximum absolute atomic E-state index is 10.9. The van der Waals surface area contributed by atoms with Crippen molar-refractivity contribution in [2.45, 2.75) is 25.4 Å². The highest BCUT2D eigenvalue weighted by molar-refractivity contribution is 5.79. The highest BCUT2D eigenvalue weighted by Gasteiger charge is 2.17. The van der Waals surface area contributed by atoms with Gasteiger partial charge in [-0.15, -0.1) is 0 Å². The number of hydrogen-bond acceptors (Lipinski definition) is 3. The fraction of sp³-hybridized carbons (Fsp3) is 0.500. The molecule has 0 bridgehead atoms. The van der Waals surface area contributed by atoms with Crippen molar-refractivity contribution < 1.29 is 9.53 Å². The van der Waals surface area contributed by atoms with Crippen LogP contribution in [-0.2, 0) is 0 Å². The summed E-state index contributed by atoms with van der Waals surface area (Å²) in [5.41, 5.74) is 0.644.